The third-order valence-electron chi connectivity index (χ3n) is 3.64. The number of rotatable bonds is 8. The largest absolute Gasteiger partial charge is 0.329 e. The maximum Gasteiger partial charge on any atom is 0.0474 e. The highest BCUT2D eigenvalue weighted by Crippen LogP contribution is 2.23. The van der Waals surface area contributed by atoms with Gasteiger partial charge in [0.2, 0.25) is 0 Å². The second kappa shape index (κ2) is 8.22. The van der Waals surface area contributed by atoms with Crippen molar-refractivity contribution in [3.05, 3.63) is 30.1 Å². The molecule has 2 N–H and O–H groups in total. The fourth-order valence-corrected chi connectivity index (χ4v) is 2.31. The van der Waals surface area contributed by atoms with E-state index in [1.165, 1.54) is 18.4 Å². The van der Waals surface area contributed by atoms with Crippen molar-refractivity contribution in [1.29, 1.82) is 0 Å². The third kappa shape index (κ3) is 4.07. The zero-order valence-corrected chi connectivity index (χ0v) is 12.0. The molecule has 0 saturated heterocycles. The predicted molar refractivity (Wildman–Crippen MR) is 77.4 cm³/mol. The Hall–Kier alpha value is -0.930. The molecule has 0 amide bonds. The number of hydrogen-bond donors (Lipinski definition) is 1. The van der Waals surface area contributed by atoms with E-state index in [0.29, 0.717) is 18.6 Å². The Morgan fingerprint density at radius 2 is 1.94 bits per heavy atom. The van der Waals surface area contributed by atoms with Gasteiger partial charge in [0.25, 0.3) is 0 Å². The third-order valence-corrected chi connectivity index (χ3v) is 3.64. The molecular formula is C15H27N3. The quantitative estimate of drug-likeness (QED) is 0.770. The Balaban J connectivity index is 2.86. The Kier molecular flexibility index (Phi) is 6.91. The maximum atomic E-state index is 6.01. The van der Waals surface area contributed by atoms with Crippen LogP contribution >= 0.6 is 0 Å². The Morgan fingerprint density at radius 3 is 2.44 bits per heavy atom. The first-order valence-electron chi connectivity index (χ1n) is 7.10. The van der Waals surface area contributed by atoms with Gasteiger partial charge in [0.1, 0.15) is 0 Å². The summed E-state index contributed by atoms with van der Waals surface area (Å²) >= 11 is 0. The lowest BCUT2D eigenvalue weighted by Gasteiger charge is -2.36. The van der Waals surface area contributed by atoms with Gasteiger partial charge in [-0.05, 0) is 44.0 Å². The Labute approximate surface area is 111 Å². The molecule has 1 aromatic rings. The molecule has 1 rings (SSSR count). The van der Waals surface area contributed by atoms with Gasteiger partial charge < -0.3 is 5.73 Å². The van der Waals surface area contributed by atoms with Crippen LogP contribution in [-0.2, 0) is 0 Å². The highest BCUT2D eigenvalue weighted by atomic mass is 15.2. The monoisotopic (exact) mass is 249 g/mol. The van der Waals surface area contributed by atoms with Crippen molar-refractivity contribution >= 4 is 0 Å². The molecule has 0 aliphatic carbocycles. The van der Waals surface area contributed by atoms with E-state index < -0.39 is 0 Å². The summed E-state index contributed by atoms with van der Waals surface area (Å²) in [6.07, 6.45) is 7.32. The van der Waals surface area contributed by atoms with E-state index in [0.717, 1.165) is 13.0 Å². The molecule has 0 aliphatic heterocycles. The highest BCUT2D eigenvalue weighted by molar-refractivity contribution is 5.16. The van der Waals surface area contributed by atoms with Crippen LogP contribution in [0.4, 0.5) is 0 Å². The van der Waals surface area contributed by atoms with Gasteiger partial charge in [0, 0.05) is 31.0 Å². The highest BCUT2D eigenvalue weighted by Gasteiger charge is 2.22. The molecule has 2 unspecified atom stereocenters. The van der Waals surface area contributed by atoms with E-state index in [1.807, 2.05) is 12.4 Å². The van der Waals surface area contributed by atoms with Gasteiger partial charge in [-0.2, -0.15) is 0 Å². The minimum Gasteiger partial charge on any atom is -0.329 e. The fourth-order valence-electron chi connectivity index (χ4n) is 2.31. The molecule has 102 valence electrons. The van der Waals surface area contributed by atoms with Crippen LogP contribution in [-0.4, -0.2) is 29.0 Å². The lowest BCUT2D eigenvalue weighted by molar-refractivity contribution is 0.141. The average molecular weight is 249 g/mol. The fraction of sp³-hybridized carbons (Fsp3) is 0.667. The van der Waals surface area contributed by atoms with E-state index in [-0.39, 0.29) is 0 Å². The van der Waals surface area contributed by atoms with Crippen LogP contribution in [0, 0.1) is 0 Å². The van der Waals surface area contributed by atoms with Gasteiger partial charge >= 0.3 is 0 Å². The van der Waals surface area contributed by atoms with Crippen molar-refractivity contribution in [2.24, 2.45) is 5.73 Å². The van der Waals surface area contributed by atoms with Crippen LogP contribution in [0.15, 0.2) is 24.5 Å². The van der Waals surface area contributed by atoms with Crippen molar-refractivity contribution in [2.45, 2.75) is 52.1 Å². The second-order valence-electron chi connectivity index (χ2n) is 4.88. The zero-order valence-electron chi connectivity index (χ0n) is 12.0. The molecule has 18 heavy (non-hydrogen) atoms. The summed E-state index contributed by atoms with van der Waals surface area (Å²) in [6, 6.07) is 5.05. The lowest BCUT2D eigenvalue weighted by atomic mass is 10.0. The number of pyridine rings is 1. The maximum absolute atomic E-state index is 6.01. The first kappa shape index (κ1) is 15.1. The smallest absolute Gasteiger partial charge is 0.0474 e. The molecule has 1 heterocycles. The van der Waals surface area contributed by atoms with Crippen LogP contribution in [0.25, 0.3) is 0 Å². The molecule has 0 radical (unpaired) electrons. The van der Waals surface area contributed by atoms with Gasteiger partial charge in [-0.3, -0.25) is 9.88 Å². The molecular weight excluding hydrogens is 222 g/mol. The van der Waals surface area contributed by atoms with E-state index in [1.54, 1.807) is 0 Å². The van der Waals surface area contributed by atoms with E-state index in [4.69, 9.17) is 5.73 Å². The molecule has 2 atom stereocenters. The molecule has 0 bridgehead atoms. The summed E-state index contributed by atoms with van der Waals surface area (Å²) in [7, 11) is 0. The van der Waals surface area contributed by atoms with Crippen LogP contribution in [0.1, 0.15) is 51.6 Å². The van der Waals surface area contributed by atoms with E-state index >= 15 is 0 Å². The predicted octanol–water partition coefficient (Wildman–Crippen LogP) is 2.98. The molecule has 3 nitrogen and oxygen atoms in total. The summed E-state index contributed by atoms with van der Waals surface area (Å²) < 4.78 is 0. The molecule has 0 spiro atoms. The van der Waals surface area contributed by atoms with E-state index in [2.05, 4.69) is 42.8 Å². The van der Waals surface area contributed by atoms with Gasteiger partial charge in [-0.25, -0.2) is 0 Å². The first-order valence-corrected chi connectivity index (χ1v) is 7.10. The van der Waals surface area contributed by atoms with Crippen molar-refractivity contribution in [3.8, 4) is 0 Å². The van der Waals surface area contributed by atoms with Crippen LogP contribution in [0.5, 0.6) is 0 Å². The van der Waals surface area contributed by atoms with Gasteiger partial charge in [-0.15, -0.1) is 0 Å². The Morgan fingerprint density at radius 1 is 1.28 bits per heavy atom. The summed E-state index contributed by atoms with van der Waals surface area (Å²) in [6.45, 7) is 8.55. The van der Waals surface area contributed by atoms with Gasteiger partial charge in [-0.1, -0.05) is 20.3 Å². The first-order chi connectivity index (χ1) is 8.74. The summed E-state index contributed by atoms with van der Waals surface area (Å²) in [5.41, 5.74) is 7.29. The number of hydrogen-bond acceptors (Lipinski definition) is 3. The van der Waals surface area contributed by atoms with Gasteiger partial charge in [0.15, 0.2) is 0 Å². The van der Waals surface area contributed by atoms with Gasteiger partial charge in [0.05, 0.1) is 0 Å². The molecule has 0 aliphatic rings. The number of nitrogens with two attached hydrogens (primary N) is 1. The second-order valence-corrected chi connectivity index (χ2v) is 4.88. The van der Waals surface area contributed by atoms with Crippen LogP contribution in [0.3, 0.4) is 0 Å². The number of aromatic nitrogens is 1. The van der Waals surface area contributed by atoms with Crippen molar-refractivity contribution in [1.82, 2.24) is 9.88 Å². The molecule has 3 heteroatoms. The number of nitrogens with zero attached hydrogens (tertiary/aromatic N) is 2. The summed E-state index contributed by atoms with van der Waals surface area (Å²) in [4.78, 5) is 6.63. The van der Waals surface area contributed by atoms with Crippen molar-refractivity contribution < 1.29 is 0 Å². The van der Waals surface area contributed by atoms with Crippen molar-refractivity contribution in [2.75, 3.05) is 13.1 Å². The zero-order chi connectivity index (χ0) is 13.4. The molecule has 1 aromatic heterocycles. The topological polar surface area (TPSA) is 42.1 Å². The normalized spacial score (nSPS) is 14.7. The lowest BCUT2D eigenvalue weighted by Crippen LogP contribution is -2.40. The minimum absolute atomic E-state index is 0.314. The summed E-state index contributed by atoms with van der Waals surface area (Å²) in [5, 5.41) is 0. The molecule has 0 saturated carbocycles. The Bertz CT molecular complexity index is 313. The SMILES string of the molecule is CCCCN(C(C)CC)C(CN)c1ccncc1. The minimum atomic E-state index is 0.314. The molecule has 0 aromatic carbocycles. The number of unbranched alkanes of at least 4 members (excludes halogenated alkanes) is 1. The van der Waals surface area contributed by atoms with Crippen LogP contribution in [0.2, 0.25) is 0 Å². The van der Waals surface area contributed by atoms with Crippen molar-refractivity contribution in [3.63, 3.8) is 0 Å². The summed E-state index contributed by atoms with van der Waals surface area (Å²) in [5.74, 6) is 0. The van der Waals surface area contributed by atoms with E-state index in [9.17, 15) is 0 Å². The average Bonchev–Trinajstić information content (AvgIpc) is 2.43. The standard InChI is InChI=1S/C15H27N3/c1-4-6-11-18(13(3)5-2)15(12-16)14-7-9-17-10-8-14/h7-10,13,15H,4-6,11-12,16H2,1-3H3. The van der Waals surface area contributed by atoms with Crippen LogP contribution < -0.4 is 5.73 Å². The molecule has 0 fully saturated rings.